The lowest BCUT2D eigenvalue weighted by Gasteiger charge is -2.36. The van der Waals surface area contributed by atoms with Crippen LogP contribution >= 0.6 is 12.4 Å². The molecular formula is C22H29ClN2O2. The maximum atomic E-state index is 10.1. The van der Waals surface area contributed by atoms with Crippen molar-refractivity contribution in [3.05, 3.63) is 53.6 Å². The molecule has 2 aliphatic rings. The summed E-state index contributed by atoms with van der Waals surface area (Å²) in [5, 5.41) is 10.1. The van der Waals surface area contributed by atoms with E-state index in [0.717, 1.165) is 52.0 Å². The number of phenols is 1. The Morgan fingerprint density at radius 1 is 0.926 bits per heavy atom. The summed E-state index contributed by atoms with van der Waals surface area (Å²) in [6.07, 6.45) is 4.37. The molecule has 1 saturated heterocycles. The van der Waals surface area contributed by atoms with Crippen LogP contribution in [0.4, 0.5) is 5.69 Å². The predicted molar refractivity (Wildman–Crippen MR) is 113 cm³/mol. The summed E-state index contributed by atoms with van der Waals surface area (Å²) < 4.78 is 5.86. The Morgan fingerprint density at radius 3 is 2.37 bits per heavy atom. The van der Waals surface area contributed by atoms with Crippen LogP contribution < -0.4 is 9.64 Å². The van der Waals surface area contributed by atoms with Gasteiger partial charge in [-0.3, -0.25) is 4.90 Å². The molecule has 1 aliphatic carbocycles. The van der Waals surface area contributed by atoms with Crippen LogP contribution in [-0.4, -0.2) is 49.3 Å². The number of ether oxygens (including phenoxy) is 1. The first-order valence-corrected chi connectivity index (χ1v) is 9.79. The molecule has 0 amide bonds. The molecule has 1 fully saturated rings. The van der Waals surface area contributed by atoms with E-state index in [0.29, 0.717) is 18.1 Å². The van der Waals surface area contributed by atoms with Crippen LogP contribution in [0.2, 0.25) is 0 Å². The van der Waals surface area contributed by atoms with Gasteiger partial charge in [0, 0.05) is 38.4 Å². The van der Waals surface area contributed by atoms with E-state index in [9.17, 15) is 5.11 Å². The number of aromatic hydroxyl groups is 1. The molecule has 146 valence electrons. The average molecular weight is 389 g/mol. The molecule has 0 aromatic heterocycles. The molecule has 2 aromatic rings. The average Bonchev–Trinajstić information content (AvgIpc) is 3.13. The molecule has 0 atom stereocenters. The van der Waals surface area contributed by atoms with Crippen molar-refractivity contribution < 1.29 is 9.84 Å². The van der Waals surface area contributed by atoms with Crippen molar-refractivity contribution in [2.75, 3.05) is 44.2 Å². The quantitative estimate of drug-likeness (QED) is 0.761. The third kappa shape index (κ3) is 4.88. The third-order valence-corrected chi connectivity index (χ3v) is 5.54. The highest BCUT2D eigenvalue weighted by molar-refractivity contribution is 5.85. The van der Waals surface area contributed by atoms with Gasteiger partial charge in [0.05, 0.1) is 6.61 Å². The molecule has 4 rings (SSSR count). The van der Waals surface area contributed by atoms with E-state index in [1.807, 2.05) is 12.1 Å². The van der Waals surface area contributed by atoms with E-state index in [-0.39, 0.29) is 12.4 Å². The fraction of sp³-hybridized carbons (Fsp3) is 0.455. The van der Waals surface area contributed by atoms with Gasteiger partial charge in [-0.2, -0.15) is 0 Å². The Kier molecular flexibility index (Phi) is 6.86. The van der Waals surface area contributed by atoms with Crippen LogP contribution in [0.5, 0.6) is 11.5 Å². The minimum absolute atomic E-state index is 0. The van der Waals surface area contributed by atoms with Crippen molar-refractivity contribution in [1.82, 2.24) is 4.90 Å². The van der Waals surface area contributed by atoms with E-state index < -0.39 is 0 Å². The van der Waals surface area contributed by atoms with E-state index in [1.54, 1.807) is 0 Å². The Bertz CT molecular complexity index is 731. The topological polar surface area (TPSA) is 35.9 Å². The molecule has 27 heavy (non-hydrogen) atoms. The van der Waals surface area contributed by atoms with Crippen molar-refractivity contribution in [2.24, 2.45) is 0 Å². The number of halogens is 1. The predicted octanol–water partition coefficient (Wildman–Crippen LogP) is 3.89. The van der Waals surface area contributed by atoms with E-state index in [1.165, 1.54) is 23.2 Å². The number of hydrogen-bond acceptors (Lipinski definition) is 4. The molecule has 4 nitrogen and oxygen atoms in total. The highest BCUT2D eigenvalue weighted by Crippen LogP contribution is 2.34. The summed E-state index contributed by atoms with van der Waals surface area (Å²) in [6, 6.07) is 14.6. The Morgan fingerprint density at radius 2 is 1.63 bits per heavy atom. The molecule has 0 radical (unpaired) electrons. The zero-order valence-electron chi connectivity index (χ0n) is 15.8. The lowest BCUT2D eigenvalue weighted by molar-refractivity contribution is 0.221. The minimum atomic E-state index is 0. The number of benzene rings is 2. The summed E-state index contributed by atoms with van der Waals surface area (Å²) in [7, 11) is 0. The molecule has 0 unspecified atom stereocenters. The molecule has 0 bridgehead atoms. The highest BCUT2D eigenvalue weighted by atomic mass is 35.5. The van der Waals surface area contributed by atoms with Crippen LogP contribution in [-0.2, 0) is 12.8 Å². The van der Waals surface area contributed by atoms with Crippen LogP contribution in [0.1, 0.15) is 24.0 Å². The largest absolute Gasteiger partial charge is 0.504 e. The Labute approximate surface area is 168 Å². The van der Waals surface area contributed by atoms with Gasteiger partial charge >= 0.3 is 0 Å². The number of rotatable bonds is 6. The van der Waals surface area contributed by atoms with Crippen molar-refractivity contribution in [2.45, 2.75) is 25.7 Å². The third-order valence-electron chi connectivity index (χ3n) is 5.54. The SMILES string of the molecule is Cl.Oc1cc2c(cc1OCCCN1CCN(c3ccccc3)CC1)CCC2. The fourth-order valence-electron chi connectivity index (χ4n) is 4.04. The zero-order chi connectivity index (χ0) is 17.8. The fourth-order valence-corrected chi connectivity index (χ4v) is 4.04. The summed E-state index contributed by atoms with van der Waals surface area (Å²) in [6.45, 7) is 6.06. The number of aryl methyl sites for hydroxylation is 2. The highest BCUT2D eigenvalue weighted by Gasteiger charge is 2.17. The maximum Gasteiger partial charge on any atom is 0.161 e. The van der Waals surface area contributed by atoms with Gasteiger partial charge in [-0.25, -0.2) is 0 Å². The summed E-state index contributed by atoms with van der Waals surface area (Å²) in [4.78, 5) is 4.96. The van der Waals surface area contributed by atoms with Gasteiger partial charge < -0.3 is 14.7 Å². The van der Waals surface area contributed by atoms with Gasteiger partial charge in [-0.15, -0.1) is 12.4 Å². The number of nitrogens with zero attached hydrogens (tertiary/aromatic N) is 2. The van der Waals surface area contributed by atoms with Crippen molar-refractivity contribution in [3.63, 3.8) is 0 Å². The smallest absolute Gasteiger partial charge is 0.161 e. The second-order valence-electron chi connectivity index (χ2n) is 7.31. The van der Waals surface area contributed by atoms with Gasteiger partial charge in [0.1, 0.15) is 0 Å². The van der Waals surface area contributed by atoms with Crippen molar-refractivity contribution in [1.29, 1.82) is 0 Å². The van der Waals surface area contributed by atoms with Gasteiger partial charge in [-0.05, 0) is 61.1 Å². The standard InChI is InChI=1S/C22H28N2O2.ClH/c25-21-16-18-6-4-7-19(18)17-22(21)26-15-5-10-23-11-13-24(14-12-23)20-8-2-1-3-9-20;/h1-3,8-9,16-17,25H,4-7,10-15H2;1H. The first-order valence-electron chi connectivity index (χ1n) is 9.79. The number of anilines is 1. The van der Waals surface area contributed by atoms with Crippen LogP contribution in [0.15, 0.2) is 42.5 Å². The molecule has 5 heteroatoms. The van der Waals surface area contributed by atoms with Gasteiger partial charge in [0.2, 0.25) is 0 Å². The maximum absolute atomic E-state index is 10.1. The lowest BCUT2D eigenvalue weighted by atomic mass is 10.1. The van der Waals surface area contributed by atoms with E-state index in [4.69, 9.17) is 4.74 Å². The number of para-hydroxylation sites is 1. The Hall–Kier alpha value is -1.91. The van der Waals surface area contributed by atoms with Gasteiger partial charge in [-0.1, -0.05) is 18.2 Å². The lowest BCUT2D eigenvalue weighted by Crippen LogP contribution is -2.46. The summed E-state index contributed by atoms with van der Waals surface area (Å²) in [5.41, 5.74) is 3.95. The number of piperazine rings is 1. The van der Waals surface area contributed by atoms with Crippen LogP contribution in [0.25, 0.3) is 0 Å². The first-order chi connectivity index (χ1) is 12.8. The number of fused-ring (bicyclic) bond motifs is 1. The second-order valence-corrected chi connectivity index (χ2v) is 7.31. The molecule has 1 N–H and O–H groups in total. The molecule has 1 heterocycles. The minimum Gasteiger partial charge on any atom is -0.504 e. The van der Waals surface area contributed by atoms with E-state index >= 15 is 0 Å². The van der Waals surface area contributed by atoms with Gasteiger partial charge in [0.25, 0.3) is 0 Å². The Balaban J connectivity index is 0.00000210. The number of hydrogen-bond donors (Lipinski definition) is 1. The molecule has 1 aliphatic heterocycles. The second kappa shape index (κ2) is 9.34. The normalized spacial score (nSPS) is 16.7. The first kappa shape index (κ1) is 19.8. The summed E-state index contributed by atoms with van der Waals surface area (Å²) >= 11 is 0. The van der Waals surface area contributed by atoms with Crippen LogP contribution in [0, 0.1) is 0 Å². The molecule has 0 saturated carbocycles. The van der Waals surface area contributed by atoms with E-state index in [2.05, 4.69) is 40.1 Å². The van der Waals surface area contributed by atoms with Crippen LogP contribution in [0.3, 0.4) is 0 Å². The summed E-state index contributed by atoms with van der Waals surface area (Å²) in [5.74, 6) is 0.946. The zero-order valence-corrected chi connectivity index (χ0v) is 16.6. The van der Waals surface area contributed by atoms with Crippen molar-refractivity contribution in [3.8, 4) is 11.5 Å². The molecule has 0 spiro atoms. The molecule has 2 aromatic carbocycles. The monoisotopic (exact) mass is 388 g/mol. The molecular weight excluding hydrogens is 360 g/mol. The number of phenolic OH excluding ortho intramolecular Hbond substituents is 1. The van der Waals surface area contributed by atoms with Crippen molar-refractivity contribution >= 4 is 18.1 Å². The van der Waals surface area contributed by atoms with Gasteiger partial charge in [0.15, 0.2) is 11.5 Å².